The number of rotatable bonds is 1. The fourth-order valence-electron chi connectivity index (χ4n) is 2.62. The highest BCUT2D eigenvalue weighted by Gasteiger charge is 2.24. The Balaban J connectivity index is 2.34. The third-order valence-electron chi connectivity index (χ3n) is 3.27. The summed E-state index contributed by atoms with van der Waals surface area (Å²) in [6, 6.07) is 8.50. The SMILES string of the molecule is CO/N=C1/CCn2c1c(C)c1ccccc12. The van der Waals surface area contributed by atoms with E-state index in [2.05, 4.69) is 40.9 Å². The number of nitrogens with zero attached hydrogens (tertiary/aromatic N) is 2. The van der Waals surface area contributed by atoms with Crippen LogP contribution in [0.3, 0.4) is 0 Å². The maximum Gasteiger partial charge on any atom is 0.106 e. The van der Waals surface area contributed by atoms with Crippen molar-refractivity contribution in [2.24, 2.45) is 5.16 Å². The second-order valence-corrected chi connectivity index (χ2v) is 4.11. The molecule has 1 aromatic heterocycles. The predicted molar refractivity (Wildman–Crippen MR) is 64.8 cm³/mol. The van der Waals surface area contributed by atoms with E-state index < -0.39 is 0 Å². The molecule has 1 aromatic carbocycles. The summed E-state index contributed by atoms with van der Waals surface area (Å²) in [6.45, 7) is 3.16. The molecule has 82 valence electrons. The molecule has 0 saturated carbocycles. The Bertz CT molecular complexity index is 581. The first-order valence-electron chi connectivity index (χ1n) is 5.51. The lowest BCUT2D eigenvalue weighted by molar-refractivity contribution is 0.213. The molecule has 16 heavy (non-hydrogen) atoms. The van der Waals surface area contributed by atoms with Crippen molar-refractivity contribution in [1.29, 1.82) is 0 Å². The quantitative estimate of drug-likeness (QED) is 0.670. The van der Waals surface area contributed by atoms with Gasteiger partial charge in [-0.05, 0) is 18.6 Å². The molecular weight excluding hydrogens is 200 g/mol. The van der Waals surface area contributed by atoms with Crippen LogP contribution in [0.4, 0.5) is 0 Å². The maximum absolute atomic E-state index is 4.91. The monoisotopic (exact) mass is 214 g/mol. The third kappa shape index (κ3) is 1.11. The summed E-state index contributed by atoms with van der Waals surface area (Å²) in [7, 11) is 1.60. The fourth-order valence-corrected chi connectivity index (χ4v) is 2.62. The van der Waals surface area contributed by atoms with E-state index in [0.29, 0.717) is 0 Å². The van der Waals surface area contributed by atoms with E-state index in [4.69, 9.17) is 4.84 Å². The molecule has 0 radical (unpaired) electrons. The number of para-hydroxylation sites is 1. The second kappa shape index (κ2) is 3.37. The van der Waals surface area contributed by atoms with Gasteiger partial charge in [-0.2, -0.15) is 0 Å². The molecule has 1 aliphatic rings. The summed E-state index contributed by atoms with van der Waals surface area (Å²) >= 11 is 0. The average Bonchev–Trinajstić information content (AvgIpc) is 2.83. The van der Waals surface area contributed by atoms with E-state index in [1.54, 1.807) is 7.11 Å². The van der Waals surface area contributed by atoms with Crippen molar-refractivity contribution in [3.63, 3.8) is 0 Å². The Labute approximate surface area is 94.3 Å². The van der Waals surface area contributed by atoms with Crippen LogP contribution in [0.1, 0.15) is 17.7 Å². The zero-order chi connectivity index (χ0) is 11.1. The van der Waals surface area contributed by atoms with E-state index in [1.165, 1.54) is 22.2 Å². The largest absolute Gasteiger partial charge is 0.399 e. The minimum Gasteiger partial charge on any atom is -0.399 e. The zero-order valence-electron chi connectivity index (χ0n) is 9.53. The van der Waals surface area contributed by atoms with Gasteiger partial charge in [-0.1, -0.05) is 23.4 Å². The van der Waals surface area contributed by atoms with E-state index >= 15 is 0 Å². The van der Waals surface area contributed by atoms with Crippen LogP contribution in [0.15, 0.2) is 29.4 Å². The molecule has 0 saturated heterocycles. The van der Waals surface area contributed by atoms with Gasteiger partial charge in [0, 0.05) is 23.9 Å². The van der Waals surface area contributed by atoms with Crippen molar-refractivity contribution in [3.05, 3.63) is 35.5 Å². The molecule has 3 nitrogen and oxygen atoms in total. The summed E-state index contributed by atoms with van der Waals surface area (Å²) < 4.78 is 2.34. The van der Waals surface area contributed by atoms with E-state index in [1.807, 2.05) is 0 Å². The summed E-state index contributed by atoms with van der Waals surface area (Å²) in [5, 5.41) is 5.44. The van der Waals surface area contributed by atoms with Crippen LogP contribution in [0.2, 0.25) is 0 Å². The van der Waals surface area contributed by atoms with Gasteiger partial charge in [0.05, 0.1) is 5.69 Å². The smallest absolute Gasteiger partial charge is 0.106 e. The highest BCUT2D eigenvalue weighted by Crippen LogP contribution is 2.30. The lowest BCUT2D eigenvalue weighted by Gasteiger charge is -1.97. The first kappa shape index (κ1) is 9.46. The first-order valence-corrected chi connectivity index (χ1v) is 5.51. The maximum atomic E-state index is 4.91. The lowest BCUT2D eigenvalue weighted by atomic mass is 10.1. The third-order valence-corrected chi connectivity index (χ3v) is 3.27. The fraction of sp³-hybridized carbons (Fsp3) is 0.308. The van der Waals surface area contributed by atoms with Crippen LogP contribution in [0.25, 0.3) is 10.9 Å². The molecule has 0 aliphatic carbocycles. The molecule has 0 atom stereocenters. The van der Waals surface area contributed by atoms with Gasteiger partial charge >= 0.3 is 0 Å². The zero-order valence-corrected chi connectivity index (χ0v) is 9.53. The van der Waals surface area contributed by atoms with Crippen LogP contribution >= 0.6 is 0 Å². The van der Waals surface area contributed by atoms with Gasteiger partial charge in [0.15, 0.2) is 0 Å². The Morgan fingerprint density at radius 2 is 2.12 bits per heavy atom. The Morgan fingerprint density at radius 1 is 1.31 bits per heavy atom. The highest BCUT2D eigenvalue weighted by molar-refractivity contribution is 6.07. The molecule has 1 aliphatic heterocycles. The molecule has 0 bridgehead atoms. The van der Waals surface area contributed by atoms with Gasteiger partial charge in [-0.3, -0.25) is 0 Å². The predicted octanol–water partition coefficient (Wildman–Crippen LogP) is 2.70. The van der Waals surface area contributed by atoms with Crippen LogP contribution in [-0.4, -0.2) is 17.4 Å². The molecule has 3 heteroatoms. The number of benzene rings is 1. The van der Waals surface area contributed by atoms with Crippen molar-refractivity contribution >= 4 is 16.6 Å². The highest BCUT2D eigenvalue weighted by atomic mass is 16.6. The van der Waals surface area contributed by atoms with Gasteiger partial charge < -0.3 is 9.40 Å². The number of hydrogen-bond acceptors (Lipinski definition) is 2. The van der Waals surface area contributed by atoms with E-state index in [0.717, 1.165) is 18.7 Å². The normalized spacial score (nSPS) is 17.0. The lowest BCUT2D eigenvalue weighted by Crippen LogP contribution is -1.97. The number of fused-ring (bicyclic) bond motifs is 3. The number of oxime groups is 1. The Kier molecular flexibility index (Phi) is 1.99. The van der Waals surface area contributed by atoms with Crippen molar-refractivity contribution in [3.8, 4) is 0 Å². The summed E-state index contributed by atoms with van der Waals surface area (Å²) in [5.74, 6) is 0. The minimum absolute atomic E-state index is 0.967. The topological polar surface area (TPSA) is 26.5 Å². The molecule has 0 amide bonds. The molecule has 3 rings (SSSR count). The molecule has 2 heterocycles. The van der Waals surface area contributed by atoms with Crippen molar-refractivity contribution in [1.82, 2.24) is 4.57 Å². The molecule has 0 unspecified atom stereocenters. The molecule has 0 spiro atoms. The second-order valence-electron chi connectivity index (χ2n) is 4.11. The molecule has 0 N–H and O–H groups in total. The average molecular weight is 214 g/mol. The molecular formula is C13H14N2O. The number of aryl methyl sites for hydroxylation is 2. The van der Waals surface area contributed by atoms with Gasteiger partial charge in [0.1, 0.15) is 12.8 Å². The van der Waals surface area contributed by atoms with Crippen molar-refractivity contribution in [2.45, 2.75) is 19.9 Å². The van der Waals surface area contributed by atoms with Crippen LogP contribution in [0.5, 0.6) is 0 Å². The van der Waals surface area contributed by atoms with Crippen LogP contribution in [0, 0.1) is 6.92 Å². The first-order chi connectivity index (χ1) is 7.83. The minimum atomic E-state index is 0.967. The summed E-state index contributed by atoms with van der Waals surface area (Å²) in [6.07, 6.45) is 0.967. The van der Waals surface area contributed by atoms with Gasteiger partial charge in [0.25, 0.3) is 0 Å². The number of hydrogen-bond donors (Lipinski definition) is 0. The number of aromatic nitrogens is 1. The van der Waals surface area contributed by atoms with Gasteiger partial charge in [-0.15, -0.1) is 0 Å². The molecule has 2 aromatic rings. The van der Waals surface area contributed by atoms with Gasteiger partial charge in [0.2, 0.25) is 0 Å². The standard InChI is InChI=1S/C13H14N2O/c1-9-10-5-3-4-6-12(10)15-8-7-11(13(9)15)14-16-2/h3-6H,7-8H2,1-2H3/b14-11-. The summed E-state index contributed by atoms with van der Waals surface area (Å²) in [5.41, 5.74) is 4.92. The van der Waals surface area contributed by atoms with Crippen molar-refractivity contribution < 1.29 is 4.84 Å². The molecule has 0 fully saturated rings. The Hall–Kier alpha value is -1.77. The van der Waals surface area contributed by atoms with E-state index in [-0.39, 0.29) is 0 Å². The Morgan fingerprint density at radius 3 is 2.94 bits per heavy atom. The van der Waals surface area contributed by atoms with Gasteiger partial charge in [-0.25, -0.2) is 0 Å². The van der Waals surface area contributed by atoms with Crippen LogP contribution < -0.4 is 0 Å². The van der Waals surface area contributed by atoms with Crippen LogP contribution in [-0.2, 0) is 11.4 Å². The summed E-state index contributed by atoms with van der Waals surface area (Å²) in [4.78, 5) is 4.91. The van der Waals surface area contributed by atoms with E-state index in [9.17, 15) is 0 Å². The van der Waals surface area contributed by atoms with Crippen molar-refractivity contribution in [2.75, 3.05) is 7.11 Å².